The number of benzene rings is 1. The van der Waals surface area contributed by atoms with Gasteiger partial charge in [-0.25, -0.2) is 4.99 Å². The number of hydrogen-bond donors (Lipinski definition) is 2. The maximum absolute atomic E-state index is 5.38. The van der Waals surface area contributed by atoms with Crippen LogP contribution in [0.2, 0.25) is 0 Å². The van der Waals surface area contributed by atoms with Crippen LogP contribution in [0.25, 0.3) is 0 Å². The monoisotopic (exact) mass is 297 g/mol. The van der Waals surface area contributed by atoms with E-state index in [0.717, 1.165) is 24.5 Å². The molecule has 0 amide bonds. The van der Waals surface area contributed by atoms with Crippen molar-refractivity contribution in [3.05, 3.63) is 66.3 Å². The summed E-state index contributed by atoms with van der Waals surface area (Å²) in [7, 11) is 2.05. The van der Waals surface area contributed by atoms with Gasteiger partial charge in [-0.05, 0) is 30.2 Å². The molecule has 0 unspecified atom stereocenters. The molecule has 0 radical (unpaired) electrons. The molecule has 0 fully saturated rings. The SMILES string of the molecule is CC/C=C/C=C1\N(C)C=CN1Cc1ccc(N=C(N)N)cc1. The van der Waals surface area contributed by atoms with Crippen LogP contribution in [0.4, 0.5) is 5.69 Å². The molecule has 1 aromatic rings. The van der Waals surface area contributed by atoms with E-state index in [1.807, 2.05) is 31.3 Å². The van der Waals surface area contributed by atoms with Gasteiger partial charge in [-0.15, -0.1) is 0 Å². The summed E-state index contributed by atoms with van der Waals surface area (Å²) in [6.07, 6.45) is 11.5. The first-order valence-electron chi connectivity index (χ1n) is 7.33. The highest BCUT2D eigenvalue weighted by molar-refractivity contribution is 5.78. The standard InChI is InChI=1S/C17H23N5/c1-3-4-5-6-16-21(2)11-12-22(16)13-14-7-9-15(10-8-14)20-17(18)19/h4-12H,3,13H2,1-2H3,(H4,18,19,20)/b5-4+,16-6+. The van der Waals surface area contributed by atoms with Gasteiger partial charge < -0.3 is 21.3 Å². The van der Waals surface area contributed by atoms with Gasteiger partial charge in [0.05, 0.1) is 5.69 Å². The molecule has 116 valence electrons. The Morgan fingerprint density at radius 2 is 1.91 bits per heavy atom. The van der Waals surface area contributed by atoms with Crippen LogP contribution in [0.3, 0.4) is 0 Å². The summed E-state index contributed by atoms with van der Waals surface area (Å²) >= 11 is 0. The van der Waals surface area contributed by atoms with Gasteiger partial charge in [0.2, 0.25) is 0 Å². The van der Waals surface area contributed by atoms with E-state index in [1.54, 1.807) is 0 Å². The lowest BCUT2D eigenvalue weighted by atomic mass is 10.2. The van der Waals surface area contributed by atoms with Crippen LogP contribution in [0, 0.1) is 0 Å². The van der Waals surface area contributed by atoms with Crippen molar-refractivity contribution < 1.29 is 0 Å². The first kappa shape index (κ1) is 15.7. The number of allylic oxidation sites excluding steroid dienone is 3. The molecule has 1 aliphatic rings. The summed E-state index contributed by atoms with van der Waals surface area (Å²) in [5.74, 6) is 1.22. The van der Waals surface area contributed by atoms with Crippen LogP contribution in [-0.4, -0.2) is 22.8 Å². The lowest BCUT2D eigenvalue weighted by molar-refractivity contribution is 0.387. The molecule has 0 aromatic heterocycles. The third-order valence-corrected chi connectivity index (χ3v) is 3.29. The molecule has 0 saturated heterocycles. The highest BCUT2D eigenvalue weighted by Crippen LogP contribution is 2.22. The minimum Gasteiger partial charge on any atom is -0.370 e. The zero-order valence-corrected chi connectivity index (χ0v) is 13.1. The van der Waals surface area contributed by atoms with Crippen LogP contribution in [0.1, 0.15) is 18.9 Å². The van der Waals surface area contributed by atoms with Gasteiger partial charge in [-0.3, -0.25) is 0 Å². The normalized spacial score (nSPS) is 16.0. The Kier molecular flexibility index (Phi) is 5.25. The molecule has 0 saturated carbocycles. The molecular formula is C17H23N5. The van der Waals surface area contributed by atoms with Crippen LogP contribution in [0.5, 0.6) is 0 Å². The molecule has 22 heavy (non-hydrogen) atoms. The first-order valence-corrected chi connectivity index (χ1v) is 7.33. The van der Waals surface area contributed by atoms with Crippen molar-refractivity contribution in [2.24, 2.45) is 16.5 Å². The summed E-state index contributed by atoms with van der Waals surface area (Å²) in [6, 6.07) is 7.90. The maximum atomic E-state index is 5.38. The second-order valence-electron chi connectivity index (χ2n) is 5.10. The summed E-state index contributed by atoms with van der Waals surface area (Å²) in [5, 5.41) is 0. The van der Waals surface area contributed by atoms with Gasteiger partial charge in [0, 0.05) is 26.0 Å². The van der Waals surface area contributed by atoms with Crippen molar-refractivity contribution in [1.29, 1.82) is 0 Å². The number of aliphatic imine (C=N–C) groups is 1. The molecular weight excluding hydrogens is 274 g/mol. The van der Waals surface area contributed by atoms with Crippen molar-refractivity contribution in [2.45, 2.75) is 19.9 Å². The number of guanidine groups is 1. The van der Waals surface area contributed by atoms with E-state index < -0.39 is 0 Å². The minimum absolute atomic E-state index is 0.0739. The Morgan fingerprint density at radius 3 is 2.55 bits per heavy atom. The van der Waals surface area contributed by atoms with Gasteiger partial charge in [0.15, 0.2) is 5.96 Å². The largest absolute Gasteiger partial charge is 0.370 e. The second kappa shape index (κ2) is 7.36. The Balaban J connectivity index is 2.09. The first-order chi connectivity index (χ1) is 10.6. The predicted molar refractivity (Wildman–Crippen MR) is 91.9 cm³/mol. The second-order valence-corrected chi connectivity index (χ2v) is 5.10. The molecule has 0 atom stereocenters. The Bertz CT molecular complexity index is 606. The fraction of sp³-hybridized carbons (Fsp3) is 0.235. The molecule has 0 bridgehead atoms. The molecule has 0 spiro atoms. The van der Waals surface area contributed by atoms with Crippen molar-refractivity contribution >= 4 is 11.6 Å². The Hall–Kier alpha value is -2.69. The zero-order valence-electron chi connectivity index (χ0n) is 13.1. The average Bonchev–Trinajstić information content (AvgIpc) is 2.82. The zero-order chi connectivity index (χ0) is 15.9. The quantitative estimate of drug-likeness (QED) is 0.647. The summed E-state index contributed by atoms with van der Waals surface area (Å²) in [4.78, 5) is 8.33. The van der Waals surface area contributed by atoms with Crippen LogP contribution in [-0.2, 0) is 6.54 Å². The highest BCUT2D eigenvalue weighted by atomic mass is 15.3. The Morgan fingerprint density at radius 1 is 1.18 bits per heavy atom. The highest BCUT2D eigenvalue weighted by Gasteiger charge is 2.15. The van der Waals surface area contributed by atoms with Gasteiger partial charge in [-0.1, -0.05) is 31.2 Å². The van der Waals surface area contributed by atoms with E-state index in [4.69, 9.17) is 11.5 Å². The molecule has 1 aromatic carbocycles. The topological polar surface area (TPSA) is 70.9 Å². The van der Waals surface area contributed by atoms with Gasteiger partial charge in [0.25, 0.3) is 0 Å². The van der Waals surface area contributed by atoms with Crippen molar-refractivity contribution in [3.8, 4) is 0 Å². The van der Waals surface area contributed by atoms with E-state index in [2.05, 4.69) is 52.3 Å². The fourth-order valence-corrected chi connectivity index (χ4v) is 2.19. The van der Waals surface area contributed by atoms with Crippen LogP contribution >= 0.6 is 0 Å². The van der Waals surface area contributed by atoms with Crippen molar-refractivity contribution in [3.63, 3.8) is 0 Å². The average molecular weight is 297 g/mol. The molecule has 0 aliphatic carbocycles. The predicted octanol–water partition coefficient (Wildman–Crippen LogP) is 2.62. The molecule has 4 N–H and O–H groups in total. The van der Waals surface area contributed by atoms with Gasteiger partial charge in [0.1, 0.15) is 5.82 Å². The maximum Gasteiger partial charge on any atom is 0.191 e. The van der Waals surface area contributed by atoms with E-state index >= 15 is 0 Å². The number of nitrogens with zero attached hydrogens (tertiary/aromatic N) is 3. The minimum atomic E-state index is 0.0739. The Labute approximate surface area is 131 Å². The summed E-state index contributed by atoms with van der Waals surface area (Å²) in [6.45, 7) is 2.93. The van der Waals surface area contributed by atoms with Crippen molar-refractivity contribution in [2.75, 3.05) is 7.05 Å². The number of hydrogen-bond acceptors (Lipinski definition) is 3. The van der Waals surface area contributed by atoms with Crippen molar-refractivity contribution in [1.82, 2.24) is 9.80 Å². The molecule has 1 aliphatic heterocycles. The molecule has 5 nitrogen and oxygen atoms in total. The molecule has 1 heterocycles. The summed E-state index contributed by atoms with van der Waals surface area (Å²) < 4.78 is 0. The fourth-order valence-electron chi connectivity index (χ4n) is 2.19. The van der Waals surface area contributed by atoms with E-state index in [1.165, 1.54) is 5.56 Å². The third-order valence-electron chi connectivity index (χ3n) is 3.29. The van der Waals surface area contributed by atoms with E-state index in [0.29, 0.717) is 0 Å². The third kappa shape index (κ3) is 4.15. The smallest absolute Gasteiger partial charge is 0.191 e. The number of nitrogens with two attached hydrogens (primary N) is 2. The lowest BCUT2D eigenvalue weighted by Gasteiger charge is -2.22. The van der Waals surface area contributed by atoms with Crippen LogP contribution < -0.4 is 11.5 Å². The number of rotatable bonds is 5. The molecule has 5 heteroatoms. The van der Waals surface area contributed by atoms with Crippen LogP contribution in [0.15, 0.2) is 65.7 Å². The summed E-state index contributed by atoms with van der Waals surface area (Å²) in [5.41, 5.74) is 12.7. The molecule has 2 rings (SSSR count). The van der Waals surface area contributed by atoms with E-state index in [-0.39, 0.29) is 5.96 Å². The van der Waals surface area contributed by atoms with Gasteiger partial charge >= 0.3 is 0 Å². The van der Waals surface area contributed by atoms with Gasteiger partial charge in [-0.2, -0.15) is 0 Å². The van der Waals surface area contributed by atoms with E-state index in [9.17, 15) is 0 Å². The lowest BCUT2D eigenvalue weighted by Crippen LogP contribution is -2.21.